The number of rotatable bonds is 6. The summed E-state index contributed by atoms with van der Waals surface area (Å²) in [7, 11) is 1.66. The minimum atomic E-state index is -0.306. The lowest BCUT2D eigenvalue weighted by molar-refractivity contribution is -0.131. The van der Waals surface area contributed by atoms with Crippen molar-refractivity contribution in [1.29, 1.82) is 0 Å². The summed E-state index contributed by atoms with van der Waals surface area (Å²) in [5.41, 5.74) is 0.866. The van der Waals surface area contributed by atoms with Gasteiger partial charge in [0.15, 0.2) is 0 Å². The highest BCUT2D eigenvalue weighted by Crippen LogP contribution is 2.33. The van der Waals surface area contributed by atoms with Crippen LogP contribution in [0.4, 0.5) is 0 Å². The lowest BCUT2D eigenvalue weighted by atomic mass is 10.0. The molecular weight excluding hydrogens is 334 g/mol. The number of carbonyl (C=O) groups is 1. The molecule has 0 bridgehead atoms. The van der Waals surface area contributed by atoms with E-state index in [1.807, 2.05) is 22.4 Å². The molecule has 2 heterocycles. The molecule has 6 heteroatoms. The van der Waals surface area contributed by atoms with Crippen LogP contribution in [-0.2, 0) is 10.3 Å². The third kappa shape index (κ3) is 4.02. The zero-order chi connectivity index (χ0) is 17.9. The van der Waals surface area contributed by atoms with E-state index >= 15 is 0 Å². The van der Waals surface area contributed by atoms with Crippen molar-refractivity contribution in [3.63, 3.8) is 0 Å². The van der Waals surface area contributed by atoms with Gasteiger partial charge in [0.2, 0.25) is 5.91 Å². The molecule has 1 unspecified atom stereocenters. The van der Waals surface area contributed by atoms with Crippen LogP contribution < -0.4 is 10.1 Å². The molecule has 1 atom stereocenters. The Bertz CT molecular complexity index is 698. The van der Waals surface area contributed by atoms with Gasteiger partial charge >= 0.3 is 0 Å². The van der Waals surface area contributed by atoms with E-state index in [-0.39, 0.29) is 17.5 Å². The minimum absolute atomic E-state index is 0.142. The molecule has 1 saturated heterocycles. The molecule has 1 amide bonds. The molecule has 1 aliphatic heterocycles. The van der Waals surface area contributed by atoms with E-state index in [1.165, 1.54) is 5.56 Å². The van der Waals surface area contributed by atoms with Crippen LogP contribution in [0.1, 0.15) is 43.3 Å². The number of methoxy groups -OCH3 is 1. The molecule has 1 N–H and O–H groups in total. The average molecular weight is 359 g/mol. The molecular formula is C19H25N3O2S. The molecule has 1 aromatic heterocycles. The number of amides is 1. The van der Waals surface area contributed by atoms with Gasteiger partial charge in [0.25, 0.3) is 0 Å². The van der Waals surface area contributed by atoms with E-state index in [1.54, 1.807) is 24.6 Å². The fraction of sp³-hybridized carbons (Fsp3) is 0.474. The fourth-order valence-corrected chi connectivity index (χ4v) is 3.98. The van der Waals surface area contributed by atoms with Gasteiger partial charge in [0.1, 0.15) is 10.8 Å². The van der Waals surface area contributed by atoms with Crippen LogP contribution in [0.3, 0.4) is 0 Å². The SMILES string of the molecule is COc1ccc(C2CCCN2C(=O)CNC(C)(C)c2nccs2)cc1. The van der Waals surface area contributed by atoms with Crippen molar-refractivity contribution in [2.24, 2.45) is 0 Å². The van der Waals surface area contributed by atoms with Gasteiger partial charge in [-0.25, -0.2) is 4.98 Å². The van der Waals surface area contributed by atoms with Crippen molar-refractivity contribution in [2.75, 3.05) is 20.2 Å². The third-order valence-corrected chi connectivity index (χ3v) is 5.82. The standard InChI is InChI=1S/C19H25N3O2S/c1-19(2,18-20-10-12-25-18)21-13-17(23)22-11-4-5-16(22)14-6-8-15(24-3)9-7-14/h6-10,12,16,21H,4-5,11,13H2,1-3H3. The van der Waals surface area contributed by atoms with Crippen LogP contribution in [0, 0.1) is 0 Å². The molecule has 25 heavy (non-hydrogen) atoms. The van der Waals surface area contributed by atoms with Crippen LogP contribution in [0.2, 0.25) is 0 Å². The van der Waals surface area contributed by atoms with Crippen LogP contribution in [0.25, 0.3) is 0 Å². The smallest absolute Gasteiger partial charge is 0.237 e. The first-order chi connectivity index (χ1) is 12.0. The van der Waals surface area contributed by atoms with Crippen molar-refractivity contribution < 1.29 is 9.53 Å². The second kappa shape index (κ2) is 7.54. The molecule has 0 radical (unpaired) electrons. The zero-order valence-corrected chi connectivity index (χ0v) is 15.8. The van der Waals surface area contributed by atoms with E-state index < -0.39 is 0 Å². The summed E-state index contributed by atoms with van der Waals surface area (Å²) in [6, 6.07) is 8.19. The summed E-state index contributed by atoms with van der Waals surface area (Å²) in [4.78, 5) is 19.1. The number of nitrogens with zero attached hydrogens (tertiary/aromatic N) is 2. The lowest BCUT2D eigenvalue weighted by Crippen LogP contribution is -2.44. The number of likely N-dealkylation sites (tertiary alicyclic amines) is 1. The van der Waals surface area contributed by atoms with Gasteiger partial charge in [-0.15, -0.1) is 11.3 Å². The summed E-state index contributed by atoms with van der Waals surface area (Å²) in [5, 5.41) is 6.32. The molecule has 0 spiro atoms. The minimum Gasteiger partial charge on any atom is -0.497 e. The van der Waals surface area contributed by atoms with Crippen LogP contribution >= 0.6 is 11.3 Å². The van der Waals surface area contributed by atoms with Crippen molar-refractivity contribution in [1.82, 2.24) is 15.2 Å². The number of ether oxygens (including phenoxy) is 1. The summed E-state index contributed by atoms with van der Waals surface area (Å²) < 4.78 is 5.22. The summed E-state index contributed by atoms with van der Waals surface area (Å²) in [5.74, 6) is 0.981. The first-order valence-corrected chi connectivity index (χ1v) is 9.47. The average Bonchev–Trinajstić information content (AvgIpc) is 3.31. The Hall–Kier alpha value is -1.92. The second-order valence-corrected chi connectivity index (χ2v) is 7.73. The maximum atomic E-state index is 12.8. The van der Waals surface area contributed by atoms with Gasteiger partial charge in [0, 0.05) is 18.1 Å². The van der Waals surface area contributed by atoms with Crippen LogP contribution in [0.5, 0.6) is 5.75 Å². The first-order valence-electron chi connectivity index (χ1n) is 8.59. The topological polar surface area (TPSA) is 54.5 Å². The van der Waals surface area contributed by atoms with Gasteiger partial charge in [-0.3, -0.25) is 10.1 Å². The molecule has 0 aliphatic carbocycles. The Kier molecular flexibility index (Phi) is 5.39. The largest absolute Gasteiger partial charge is 0.497 e. The Morgan fingerprint density at radius 3 is 2.80 bits per heavy atom. The fourth-order valence-electron chi connectivity index (χ4n) is 3.24. The lowest BCUT2D eigenvalue weighted by Gasteiger charge is -2.28. The summed E-state index contributed by atoms with van der Waals surface area (Å²) in [6.45, 7) is 5.25. The number of thiazole rings is 1. The first kappa shape index (κ1) is 17.9. The highest BCUT2D eigenvalue weighted by Gasteiger charge is 2.31. The molecule has 2 aromatic rings. The second-order valence-electron chi connectivity index (χ2n) is 6.83. The summed E-state index contributed by atoms with van der Waals surface area (Å²) >= 11 is 1.60. The molecule has 1 aliphatic rings. The van der Waals surface area contributed by atoms with E-state index in [4.69, 9.17) is 4.74 Å². The van der Waals surface area contributed by atoms with E-state index in [0.29, 0.717) is 6.54 Å². The highest BCUT2D eigenvalue weighted by atomic mass is 32.1. The number of hydrogen-bond donors (Lipinski definition) is 1. The highest BCUT2D eigenvalue weighted by molar-refractivity contribution is 7.09. The molecule has 3 rings (SSSR count). The number of aromatic nitrogens is 1. The van der Waals surface area contributed by atoms with Gasteiger partial charge in [-0.2, -0.15) is 0 Å². The quantitative estimate of drug-likeness (QED) is 0.859. The molecule has 0 saturated carbocycles. The van der Waals surface area contributed by atoms with Gasteiger partial charge in [-0.1, -0.05) is 12.1 Å². The maximum Gasteiger partial charge on any atom is 0.237 e. The Balaban J connectivity index is 1.64. The van der Waals surface area contributed by atoms with Crippen molar-refractivity contribution in [3.05, 3.63) is 46.4 Å². The normalized spacial score (nSPS) is 17.7. The predicted octanol–water partition coefficient (Wildman–Crippen LogP) is 3.34. The van der Waals surface area contributed by atoms with Gasteiger partial charge in [0.05, 0.1) is 25.2 Å². The third-order valence-electron chi connectivity index (χ3n) is 4.72. The molecule has 1 fully saturated rings. The van der Waals surface area contributed by atoms with Crippen molar-refractivity contribution in [2.45, 2.75) is 38.3 Å². The monoisotopic (exact) mass is 359 g/mol. The summed E-state index contributed by atoms with van der Waals surface area (Å²) in [6.07, 6.45) is 3.84. The van der Waals surface area contributed by atoms with Crippen molar-refractivity contribution in [3.8, 4) is 5.75 Å². The Labute approximate surface area is 153 Å². The van der Waals surface area contributed by atoms with E-state index in [9.17, 15) is 4.79 Å². The van der Waals surface area contributed by atoms with E-state index in [2.05, 4.69) is 36.3 Å². The zero-order valence-electron chi connectivity index (χ0n) is 15.0. The Morgan fingerprint density at radius 2 is 2.16 bits per heavy atom. The number of carbonyl (C=O) groups excluding carboxylic acids is 1. The number of nitrogens with one attached hydrogen (secondary N) is 1. The maximum absolute atomic E-state index is 12.8. The van der Waals surface area contributed by atoms with Gasteiger partial charge < -0.3 is 9.64 Å². The molecule has 134 valence electrons. The molecule has 1 aromatic carbocycles. The van der Waals surface area contributed by atoms with Crippen LogP contribution in [0.15, 0.2) is 35.8 Å². The number of benzene rings is 1. The molecule has 5 nitrogen and oxygen atoms in total. The van der Waals surface area contributed by atoms with Gasteiger partial charge in [-0.05, 0) is 44.4 Å². The number of hydrogen-bond acceptors (Lipinski definition) is 5. The van der Waals surface area contributed by atoms with Crippen molar-refractivity contribution >= 4 is 17.2 Å². The predicted molar refractivity (Wildman–Crippen MR) is 99.8 cm³/mol. The van der Waals surface area contributed by atoms with E-state index in [0.717, 1.165) is 30.1 Å². The Morgan fingerprint density at radius 1 is 1.40 bits per heavy atom. The van der Waals surface area contributed by atoms with Crippen LogP contribution in [-0.4, -0.2) is 36.0 Å².